The average molecular weight is 534 g/mol. The highest BCUT2D eigenvalue weighted by Crippen LogP contribution is 2.27. The first kappa shape index (κ1) is 26.7. The maximum absolute atomic E-state index is 13.1. The Morgan fingerprint density at radius 3 is 2.45 bits per heavy atom. The number of esters is 2. The smallest absolute Gasteiger partial charge is 0.349 e. The Kier molecular flexibility index (Phi) is 8.65. The largest absolute Gasteiger partial charge is 0.462 e. The molecule has 0 saturated heterocycles. The van der Waals surface area contributed by atoms with E-state index in [-0.39, 0.29) is 18.5 Å². The molecule has 2 aromatic carbocycles. The maximum Gasteiger partial charge on any atom is 0.349 e. The van der Waals surface area contributed by atoms with Crippen LogP contribution in [0.3, 0.4) is 0 Å². The molecule has 0 unspecified atom stereocenters. The van der Waals surface area contributed by atoms with Gasteiger partial charge in [-0.05, 0) is 48.7 Å². The van der Waals surface area contributed by atoms with Crippen LogP contribution in [0.15, 0.2) is 65.7 Å². The van der Waals surface area contributed by atoms with Crippen molar-refractivity contribution >= 4 is 45.1 Å². The number of amides is 1. The molecule has 4 rings (SSSR count). The third-order valence-electron chi connectivity index (χ3n) is 5.76. The Hall–Kier alpha value is -4.31. The summed E-state index contributed by atoms with van der Waals surface area (Å²) in [6, 6.07) is 15.6. The van der Waals surface area contributed by atoms with Crippen molar-refractivity contribution in [2.75, 3.05) is 11.9 Å². The van der Waals surface area contributed by atoms with E-state index in [1.165, 1.54) is 10.9 Å². The predicted octanol–water partition coefficient (Wildman–Crippen LogP) is 4.72. The van der Waals surface area contributed by atoms with Crippen LogP contribution in [0.5, 0.6) is 0 Å². The van der Waals surface area contributed by atoms with Gasteiger partial charge in [0.1, 0.15) is 22.9 Å². The lowest BCUT2D eigenvalue weighted by atomic mass is 10.2. The molecule has 0 saturated carbocycles. The van der Waals surface area contributed by atoms with E-state index in [0.29, 0.717) is 33.1 Å². The lowest BCUT2D eigenvalue weighted by Gasteiger charge is -2.08. The van der Waals surface area contributed by atoms with Crippen molar-refractivity contribution in [3.8, 4) is 0 Å². The van der Waals surface area contributed by atoms with Gasteiger partial charge in [0.25, 0.3) is 5.56 Å². The Balaban J connectivity index is 1.42. The second kappa shape index (κ2) is 12.3. The second-order valence-electron chi connectivity index (χ2n) is 8.59. The Labute approximate surface area is 223 Å². The third kappa shape index (κ3) is 6.33. The van der Waals surface area contributed by atoms with Crippen LogP contribution in [0.25, 0.3) is 10.2 Å². The summed E-state index contributed by atoms with van der Waals surface area (Å²) in [7, 11) is 0. The van der Waals surface area contributed by atoms with Crippen LogP contribution in [0.4, 0.5) is 5.69 Å². The first-order valence-corrected chi connectivity index (χ1v) is 13.0. The molecule has 0 atom stereocenters. The number of nitrogens with zero attached hydrogens (tertiary/aromatic N) is 2. The lowest BCUT2D eigenvalue weighted by Crippen LogP contribution is -2.28. The SMILES string of the molecule is CCCCOC(=O)c1ccc(NC(=O)Cn2cnc3sc(C(=O)OCc4ccccc4)c(C)c3c2=O)cc1. The van der Waals surface area contributed by atoms with Crippen molar-refractivity contribution in [3.63, 3.8) is 0 Å². The molecule has 1 amide bonds. The minimum absolute atomic E-state index is 0.117. The number of hydrogen-bond donors (Lipinski definition) is 1. The molecule has 2 aromatic heterocycles. The van der Waals surface area contributed by atoms with E-state index in [1.807, 2.05) is 37.3 Å². The van der Waals surface area contributed by atoms with Crippen molar-refractivity contribution in [2.45, 2.75) is 39.8 Å². The molecule has 0 fully saturated rings. The fraction of sp³-hybridized carbons (Fsp3) is 0.250. The van der Waals surface area contributed by atoms with Crippen molar-refractivity contribution < 1.29 is 23.9 Å². The number of carbonyl (C=O) groups is 3. The molecule has 0 aliphatic carbocycles. The van der Waals surface area contributed by atoms with Gasteiger partial charge >= 0.3 is 11.9 Å². The summed E-state index contributed by atoms with van der Waals surface area (Å²) < 4.78 is 11.8. The number of fused-ring (bicyclic) bond motifs is 1. The van der Waals surface area contributed by atoms with Gasteiger partial charge in [-0.2, -0.15) is 0 Å². The van der Waals surface area contributed by atoms with E-state index >= 15 is 0 Å². The van der Waals surface area contributed by atoms with E-state index < -0.39 is 23.4 Å². The number of hydrogen-bond acceptors (Lipinski definition) is 8. The van der Waals surface area contributed by atoms with Gasteiger partial charge in [0, 0.05) is 5.69 Å². The van der Waals surface area contributed by atoms with Gasteiger partial charge < -0.3 is 14.8 Å². The summed E-state index contributed by atoms with van der Waals surface area (Å²) in [6.45, 7) is 3.88. The molecule has 4 aromatic rings. The van der Waals surface area contributed by atoms with Crippen LogP contribution < -0.4 is 10.9 Å². The molecule has 10 heteroatoms. The Bertz CT molecular complexity index is 1510. The number of anilines is 1. The minimum atomic E-state index is -0.532. The van der Waals surface area contributed by atoms with Gasteiger partial charge in [0.05, 0.1) is 23.9 Å². The zero-order valence-electron chi connectivity index (χ0n) is 21.1. The number of nitrogens with one attached hydrogen (secondary N) is 1. The number of thiophene rings is 1. The standard InChI is InChI=1S/C28H27N3O6S/c1-3-4-14-36-27(34)20-10-12-21(13-11-20)30-22(32)15-31-17-29-25-23(26(31)33)18(2)24(38-25)28(35)37-16-19-8-6-5-7-9-19/h5-13,17H,3-4,14-16H2,1-2H3,(H,30,32). The molecule has 0 spiro atoms. The molecule has 2 heterocycles. The minimum Gasteiger partial charge on any atom is -0.462 e. The third-order valence-corrected chi connectivity index (χ3v) is 6.94. The molecule has 0 aliphatic rings. The van der Waals surface area contributed by atoms with E-state index in [0.717, 1.165) is 29.7 Å². The van der Waals surface area contributed by atoms with Crippen LogP contribution in [-0.4, -0.2) is 34.0 Å². The maximum atomic E-state index is 13.1. The predicted molar refractivity (Wildman–Crippen MR) is 144 cm³/mol. The van der Waals surface area contributed by atoms with Gasteiger partial charge in [0.15, 0.2) is 0 Å². The number of carbonyl (C=O) groups excluding carboxylic acids is 3. The highest BCUT2D eigenvalue weighted by atomic mass is 32.1. The van der Waals surface area contributed by atoms with Gasteiger partial charge in [-0.3, -0.25) is 14.2 Å². The van der Waals surface area contributed by atoms with Gasteiger partial charge in [-0.15, -0.1) is 11.3 Å². The molecular weight excluding hydrogens is 506 g/mol. The molecule has 0 aliphatic heterocycles. The van der Waals surface area contributed by atoms with Crippen LogP contribution >= 0.6 is 11.3 Å². The number of aromatic nitrogens is 2. The zero-order valence-corrected chi connectivity index (χ0v) is 21.9. The highest BCUT2D eigenvalue weighted by Gasteiger charge is 2.21. The van der Waals surface area contributed by atoms with Gasteiger partial charge in [0.2, 0.25) is 5.91 Å². The fourth-order valence-corrected chi connectivity index (χ4v) is 4.73. The number of benzene rings is 2. The Morgan fingerprint density at radius 1 is 1.00 bits per heavy atom. The first-order chi connectivity index (χ1) is 18.4. The summed E-state index contributed by atoms with van der Waals surface area (Å²) >= 11 is 1.08. The summed E-state index contributed by atoms with van der Waals surface area (Å²) in [4.78, 5) is 55.4. The molecular formula is C28H27N3O6S. The first-order valence-electron chi connectivity index (χ1n) is 12.1. The van der Waals surface area contributed by atoms with Gasteiger partial charge in [-0.1, -0.05) is 43.7 Å². The van der Waals surface area contributed by atoms with Crippen molar-refractivity contribution in [1.29, 1.82) is 0 Å². The molecule has 0 bridgehead atoms. The number of unbranched alkanes of at least 4 members (excludes halogenated alkanes) is 1. The van der Waals surface area contributed by atoms with E-state index in [9.17, 15) is 19.2 Å². The topological polar surface area (TPSA) is 117 Å². The van der Waals surface area contributed by atoms with Crippen LogP contribution in [-0.2, 0) is 27.4 Å². The monoisotopic (exact) mass is 533 g/mol. The number of rotatable bonds is 10. The van der Waals surface area contributed by atoms with Crippen LogP contribution in [0, 0.1) is 6.92 Å². The molecule has 38 heavy (non-hydrogen) atoms. The second-order valence-corrected chi connectivity index (χ2v) is 9.59. The highest BCUT2D eigenvalue weighted by molar-refractivity contribution is 7.20. The fourth-order valence-electron chi connectivity index (χ4n) is 3.69. The molecule has 9 nitrogen and oxygen atoms in total. The van der Waals surface area contributed by atoms with Crippen LogP contribution in [0.1, 0.15) is 50.9 Å². The van der Waals surface area contributed by atoms with E-state index in [1.54, 1.807) is 31.2 Å². The summed E-state index contributed by atoms with van der Waals surface area (Å²) in [6.07, 6.45) is 3.01. The van der Waals surface area contributed by atoms with Crippen molar-refractivity contribution in [1.82, 2.24) is 9.55 Å². The average Bonchev–Trinajstić information content (AvgIpc) is 3.27. The number of ether oxygens (including phenoxy) is 2. The zero-order chi connectivity index (χ0) is 27.1. The quantitative estimate of drug-likeness (QED) is 0.232. The van der Waals surface area contributed by atoms with Gasteiger partial charge in [-0.25, -0.2) is 14.6 Å². The van der Waals surface area contributed by atoms with Crippen molar-refractivity contribution in [2.24, 2.45) is 0 Å². The molecule has 0 radical (unpaired) electrons. The summed E-state index contributed by atoms with van der Waals surface area (Å²) in [5.41, 5.74) is 1.75. The molecule has 196 valence electrons. The summed E-state index contributed by atoms with van der Waals surface area (Å²) in [5.74, 6) is -1.39. The van der Waals surface area contributed by atoms with E-state index in [2.05, 4.69) is 10.3 Å². The Morgan fingerprint density at radius 2 is 1.74 bits per heavy atom. The van der Waals surface area contributed by atoms with E-state index in [4.69, 9.17) is 9.47 Å². The van der Waals surface area contributed by atoms with Crippen LogP contribution in [0.2, 0.25) is 0 Å². The molecule has 1 N–H and O–H groups in total. The number of aryl methyl sites for hydroxylation is 1. The lowest BCUT2D eigenvalue weighted by molar-refractivity contribution is -0.116. The normalized spacial score (nSPS) is 10.8. The summed E-state index contributed by atoms with van der Waals surface area (Å²) in [5, 5.41) is 2.98. The van der Waals surface area contributed by atoms with Crippen molar-refractivity contribution in [3.05, 3.63) is 92.8 Å².